The van der Waals surface area contributed by atoms with Crippen LogP contribution in [0.3, 0.4) is 0 Å². The molecule has 1 amide bonds. The zero-order chi connectivity index (χ0) is 19.5. The second kappa shape index (κ2) is 7.73. The van der Waals surface area contributed by atoms with E-state index in [0.29, 0.717) is 33.8 Å². The fourth-order valence-corrected chi connectivity index (χ4v) is 3.30. The number of nitrogens with one attached hydrogen (secondary N) is 1. The van der Waals surface area contributed by atoms with E-state index in [-0.39, 0.29) is 0 Å². The second-order valence-electron chi connectivity index (χ2n) is 5.72. The summed E-state index contributed by atoms with van der Waals surface area (Å²) in [6.45, 7) is 0. The molecule has 0 spiro atoms. The van der Waals surface area contributed by atoms with Gasteiger partial charge in [-0.25, -0.2) is 0 Å². The molecule has 4 aromatic rings. The maximum absolute atomic E-state index is 12.6. The minimum atomic E-state index is -2.57. The highest BCUT2D eigenvalue weighted by Gasteiger charge is 2.11. The Hall–Kier alpha value is -3.33. The van der Waals surface area contributed by atoms with Crippen LogP contribution < -0.4 is 5.32 Å². The predicted molar refractivity (Wildman–Crippen MR) is 104 cm³/mol. The van der Waals surface area contributed by atoms with Crippen molar-refractivity contribution in [1.82, 2.24) is 19.8 Å². The highest BCUT2D eigenvalue weighted by Crippen LogP contribution is 2.31. The highest BCUT2D eigenvalue weighted by molar-refractivity contribution is 7.99. The number of alkyl halides is 2. The van der Waals surface area contributed by atoms with E-state index in [9.17, 15) is 13.6 Å². The largest absolute Gasteiger partial charge is 0.321 e. The van der Waals surface area contributed by atoms with Crippen molar-refractivity contribution in [2.45, 2.75) is 10.7 Å². The van der Waals surface area contributed by atoms with Gasteiger partial charge >= 0.3 is 0 Å². The Labute approximate surface area is 162 Å². The van der Waals surface area contributed by atoms with Crippen LogP contribution in [-0.2, 0) is 4.79 Å². The Morgan fingerprint density at radius 1 is 1.11 bits per heavy atom. The summed E-state index contributed by atoms with van der Waals surface area (Å²) in [6, 6.07) is 14.0. The van der Waals surface area contributed by atoms with Crippen LogP contribution in [-0.4, -0.2) is 31.5 Å². The Kier molecular flexibility index (Phi) is 4.98. The van der Waals surface area contributed by atoms with Gasteiger partial charge in [0.1, 0.15) is 0 Å². The average molecular weight is 397 g/mol. The number of aromatic nitrogens is 4. The third-order valence-electron chi connectivity index (χ3n) is 3.92. The highest BCUT2D eigenvalue weighted by atomic mass is 32.2. The molecule has 0 aliphatic carbocycles. The van der Waals surface area contributed by atoms with Gasteiger partial charge in [-0.1, -0.05) is 48.2 Å². The zero-order valence-electron chi connectivity index (χ0n) is 14.3. The number of halogens is 2. The van der Waals surface area contributed by atoms with Gasteiger partial charge in [0.15, 0.2) is 11.5 Å². The summed E-state index contributed by atoms with van der Waals surface area (Å²) in [5, 5.41) is 16.9. The molecule has 0 aliphatic rings. The molecule has 0 fully saturated rings. The van der Waals surface area contributed by atoms with Crippen LogP contribution >= 0.6 is 11.8 Å². The number of carbonyl (C=O) groups excluding carboxylic acids is 1. The Bertz CT molecular complexity index is 1190. The number of benzene rings is 2. The number of carbonyl (C=O) groups is 1. The van der Waals surface area contributed by atoms with Crippen molar-refractivity contribution in [1.29, 1.82) is 0 Å². The van der Waals surface area contributed by atoms with Gasteiger partial charge in [-0.15, -0.1) is 10.2 Å². The fourth-order valence-electron chi connectivity index (χ4n) is 2.70. The van der Waals surface area contributed by atoms with Gasteiger partial charge in [-0.3, -0.25) is 4.79 Å². The number of nitrogens with zero attached hydrogens (tertiary/aromatic N) is 4. The third kappa shape index (κ3) is 3.70. The van der Waals surface area contributed by atoms with Crippen LogP contribution in [0.15, 0.2) is 65.7 Å². The molecular weight excluding hydrogens is 384 g/mol. The van der Waals surface area contributed by atoms with Gasteiger partial charge in [-0.05, 0) is 18.2 Å². The van der Waals surface area contributed by atoms with E-state index >= 15 is 0 Å². The lowest BCUT2D eigenvalue weighted by molar-refractivity contribution is -0.111. The summed E-state index contributed by atoms with van der Waals surface area (Å²) >= 11 is 0.377. The predicted octanol–water partition coefficient (Wildman–Crippen LogP) is 4.24. The lowest BCUT2D eigenvalue weighted by Gasteiger charge is -2.08. The van der Waals surface area contributed by atoms with Crippen molar-refractivity contribution in [3.8, 4) is 0 Å². The first kappa shape index (κ1) is 18.1. The molecule has 9 heteroatoms. The zero-order valence-corrected chi connectivity index (χ0v) is 15.1. The lowest BCUT2D eigenvalue weighted by Crippen LogP contribution is -2.09. The molecule has 2 aromatic carbocycles. The first-order valence-corrected chi connectivity index (χ1v) is 9.12. The first-order valence-electron chi connectivity index (χ1n) is 8.24. The van der Waals surface area contributed by atoms with Crippen molar-refractivity contribution in [2.24, 2.45) is 0 Å². The minimum absolute atomic E-state index is 0.292. The van der Waals surface area contributed by atoms with E-state index in [1.807, 2.05) is 24.3 Å². The van der Waals surface area contributed by atoms with Crippen molar-refractivity contribution >= 4 is 45.9 Å². The molecule has 0 aliphatic heterocycles. The molecule has 140 valence electrons. The first-order chi connectivity index (χ1) is 13.6. The number of hydrogen-bond donors (Lipinski definition) is 1. The molecule has 2 aromatic heterocycles. The van der Waals surface area contributed by atoms with Crippen molar-refractivity contribution in [2.75, 3.05) is 5.32 Å². The molecule has 6 nitrogen and oxygen atoms in total. The van der Waals surface area contributed by atoms with Crippen LogP contribution in [0, 0.1) is 0 Å². The Balaban J connectivity index is 1.57. The quantitative estimate of drug-likeness (QED) is 0.403. The van der Waals surface area contributed by atoms with Gasteiger partial charge in [-0.2, -0.15) is 18.4 Å². The maximum atomic E-state index is 12.6. The van der Waals surface area contributed by atoms with Crippen molar-refractivity contribution < 1.29 is 13.6 Å². The summed E-state index contributed by atoms with van der Waals surface area (Å²) in [4.78, 5) is 12.5. The van der Waals surface area contributed by atoms with E-state index in [1.54, 1.807) is 24.4 Å². The molecular formula is C19H13F2N5OS. The average Bonchev–Trinajstić information content (AvgIpc) is 3.11. The minimum Gasteiger partial charge on any atom is -0.321 e. The van der Waals surface area contributed by atoms with E-state index in [4.69, 9.17) is 0 Å². The smallest absolute Gasteiger partial charge is 0.288 e. The van der Waals surface area contributed by atoms with Gasteiger partial charge in [0.05, 0.1) is 11.9 Å². The van der Waals surface area contributed by atoms with Crippen molar-refractivity contribution in [3.05, 3.63) is 66.6 Å². The second-order valence-corrected chi connectivity index (χ2v) is 6.75. The maximum Gasteiger partial charge on any atom is 0.288 e. The van der Waals surface area contributed by atoms with Crippen molar-refractivity contribution in [3.63, 3.8) is 0 Å². The number of thioether (sulfide) groups is 1. The molecule has 0 saturated carbocycles. The van der Waals surface area contributed by atoms with E-state index in [1.165, 1.54) is 22.7 Å². The molecule has 4 rings (SSSR count). The standard InChI is InChI=1S/C19H13F2N5OS/c20-19(21)28-15-8-4-3-7-14(15)23-17(27)10-9-16-24-25-18-13-6-2-1-5-12(13)11-22-26(16)18/h1-11,19H,(H,23,27)/b10-9+. The monoisotopic (exact) mass is 397 g/mol. The van der Waals surface area contributed by atoms with Gasteiger partial charge in [0.2, 0.25) is 5.91 Å². The molecule has 2 heterocycles. The molecule has 28 heavy (non-hydrogen) atoms. The summed E-state index contributed by atoms with van der Waals surface area (Å²) in [7, 11) is 0. The molecule has 1 N–H and O–H groups in total. The van der Waals surface area contributed by atoms with Crippen LogP contribution in [0.25, 0.3) is 22.5 Å². The van der Waals surface area contributed by atoms with Crippen LogP contribution in [0.5, 0.6) is 0 Å². The van der Waals surface area contributed by atoms with E-state index in [2.05, 4.69) is 20.6 Å². The van der Waals surface area contributed by atoms with Crippen LogP contribution in [0.4, 0.5) is 14.5 Å². The molecule has 0 atom stereocenters. The Morgan fingerprint density at radius 3 is 2.75 bits per heavy atom. The fraction of sp³-hybridized carbons (Fsp3) is 0.0526. The van der Waals surface area contributed by atoms with Crippen LogP contribution in [0.1, 0.15) is 5.82 Å². The normalized spacial score (nSPS) is 11.7. The van der Waals surface area contributed by atoms with Gasteiger partial charge < -0.3 is 5.32 Å². The van der Waals surface area contributed by atoms with Gasteiger partial charge in [0, 0.05) is 21.7 Å². The lowest BCUT2D eigenvalue weighted by atomic mass is 10.2. The summed E-state index contributed by atoms with van der Waals surface area (Å²) < 4.78 is 26.8. The molecule has 0 bridgehead atoms. The summed E-state index contributed by atoms with van der Waals surface area (Å²) in [5.41, 5.74) is 0.898. The molecule has 0 saturated heterocycles. The third-order valence-corrected chi connectivity index (χ3v) is 4.71. The number of hydrogen-bond acceptors (Lipinski definition) is 5. The summed E-state index contributed by atoms with van der Waals surface area (Å²) in [6.07, 6.45) is 4.43. The summed E-state index contributed by atoms with van der Waals surface area (Å²) in [5.74, 6) is -2.66. The van der Waals surface area contributed by atoms with Crippen LogP contribution in [0.2, 0.25) is 0 Å². The topological polar surface area (TPSA) is 72.2 Å². The van der Waals surface area contributed by atoms with E-state index < -0.39 is 11.7 Å². The van der Waals surface area contributed by atoms with E-state index in [0.717, 1.165) is 10.8 Å². The Morgan fingerprint density at radius 2 is 1.89 bits per heavy atom. The number of amides is 1. The van der Waals surface area contributed by atoms with Gasteiger partial charge in [0.25, 0.3) is 5.76 Å². The number of para-hydroxylation sites is 1. The number of fused-ring (bicyclic) bond motifs is 3. The number of anilines is 1. The molecule has 0 unspecified atom stereocenters. The SMILES string of the molecule is O=C(/C=C/c1nnc2c3ccccc3cnn12)Nc1ccccc1SC(F)F. The molecule has 0 radical (unpaired) electrons. The number of rotatable bonds is 5.